The molecule has 1 unspecified atom stereocenters. The normalized spacial score (nSPS) is 19.9. The Balaban J connectivity index is 2.23. The lowest BCUT2D eigenvalue weighted by Gasteiger charge is -1.98. The lowest BCUT2D eigenvalue weighted by Crippen LogP contribution is -1.94. The molecule has 2 heterocycles. The van der Waals surface area contributed by atoms with Crippen molar-refractivity contribution in [3.8, 4) is 0 Å². The molecule has 1 aromatic carbocycles. The minimum Gasteiger partial charge on any atom is -0.423 e. The third-order valence-corrected chi connectivity index (χ3v) is 3.29. The molecule has 0 radical (unpaired) electrons. The molecule has 1 fully saturated rings. The number of hydrogen-bond donors (Lipinski definition) is 0. The summed E-state index contributed by atoms with van der Waals surface area (Å²) in [4.78, 5) is 10.9. The molecule has 0 bridgehead atoms. The summed E-state index contributed by atoms with van der Waals surface area (Å²) in [5.41, 5.74) is 1.72. The zero-order valence-corrected chi connectivity index (χ0v) is 8.21. The molecule has 0 saturated carbocycles. The summed E-state index contributed by atoms with van der Waals surface area (Å²) in [5, 5.41) is 1.67. The number of hydrogen-bond acceptors (Lipinski definition) is 3. The van der Waals surface area contributed by atoms with Gasteiger partial charge in [0.05, 0.1) is 0 Å². The predicted molar refractivity (Wildman–Crippen MR) is 57.7 cm³/mol. The summed E-state index contributed by atoms with van der Waals surface area (Å²) in [5.74, 6) is 1.21. The smallest absolute Gasteiger partial charge is 0.336 e. The molecule has 0 aliphatic carbocycles. The van der Waals surface area contributed by atoms with E-state index >= 15 is 0 Å². The van der Waals surface area contributed by atoms with Gasteiger partial charge in [0, 0.05) is 22.5 Å². The molecule has 1 aromatic heterocycles. The number of rotatable bonds is 1. The maximum atomic E-state index is 10.9. The Morgan fingerprint density at radius 3 is 2.93 bits per heavy atom. The first-order valence-electron chi connectivity index (χ1n) is 4.48. The van der Waals surface area contributed by atoms with Gasteiger partial charge in [-0.05, 0) is 23.8 Å². The van der Waals surface area contributed by atoms with Gasteiger partial charge in [-0.25, -0.2) is 4.79 Å². The fourth-order valence-electron chi connectivity index (χ4n) is 1.53. The lowest BCUT2D eigenvalue weighted by molar-refractivity contribution is 0.561. The van der Waals surface area contributed by atoms with Crippen molar-refractivity contribution in [3.63, 3.8) is 0 Å². The van der Waals surface area contributed by atoms with Crippen molar-refractivity contribution in [3.05, 3.63) is 46.3 Å². The zero-order chi connectivity index (χ0) is 9.54. The van der Waals surface area contributed by atoms with Gasteiger partial charge in [0.25, 0.3) is 0 Å². The Hall–Kier alpha value is -1.22. The van der Waals surface area contributed by atoms with Crippen molar-refractivity contribution in [2.75, 3.05) is 5.75 Å². The molecule has 3 heteroatoms. The average Bonchev–Trinajstić information content (AvgIpc) is 3.00. The molecular weight excluding hydrogens is 196 g/mol. The van der Waals surface area contributed by atoms with Gasteiger partial charge in [-0.1, -0.05) is 6.07 Å². The summed E-state index contributed by atoms with van der Waals surface area (Å²) in [7, 11) is 0. The average molecular weight is 204 g/mol. The summed E-state index contributed by atoms with van der Waals surface area (Å²) >= 11 is 1.94. The van der Waals surface area contributed by atoms with E-state index in [0.717, 1.165) is 5.39 Å². The number of thioether (sulfide) groups is 1. The fourth-order valence-corrected chi connectivity index (χ4v) is 2.16. The highest BCUT2D eigenvalue weighted by Crippen LogP contribution is 2.46. The van der Waals surface area contributed by atoms with Crippen LogP contribution in [0.3, 0.4) is 0 Å². The van der Waals surface area contributed by atoms with Crippen LogP contribution in [-0.4, -0.2) is 5.75 Å². The van der Waals surface area contributed by atoms with Crippen molar-refractivity contribution in [2.45, 2.75) is 5.25 Å². The van der Waals surface area contributed by atoms with Gasteiger partial charge in [0.2, 0.25) is 0 Å². The Morgan fingerprint density at radius 1 is 1.29 bits per heavy atom. The standard InChI is InChI=1S/C11H8O2S/c12-11-4-2-7-5-8(10-6-14-10)1-3-9(7)13-11/h1-5,10H,6H2. The molecular formula is C11H8O2S. The second kappa shape index (κ2) is 2.89. The van der Waals surface area contributed by atoms with Gasteiger partial charge in [-0.15, -0.1) is 0 Å². The first kappa shape index (κ1) is 8.12. The van der Waals surface area contributed by atoms with Crippen molar-refractivity contribution >= 4 is 22.7 Å². The Bertz CT molecular complexity index is 540. The second-order valence-electron chi connectivity index (χ2n) is 3.37. The molecule has 3 rings (SSSR count). The highest BCUT2D eigenvalue weighted by molar-refractivity contribution is 8.06. The molecule has 1 aliphatic rings. The molecule has 2 nitrogen and oxygen atoms in total. The quantitative estimate of drug-likeness (QED) is 0.528. The molecule has 0 spiro atoms. The van der Waals surface area contributed by atoms with Crippen molar-refractivity contribution in [2.24, 2.45) is 0 Å². The fraction of sp³-hybridized carbons (Fsp3) is 0.182. The van der Waals surface area contributed by atoms with E-state index in [2.05, 4.69) is 6.07 Å². The van der Waals surface area contributed by atoms with Crippen molar-refractivity contribution in [1.29, 1.82) is 0 Å². The van der Waals surface area contributed by atoms with E-state index in [-0.39, 0.29) is 5.63 Å². The van der Waals surface area contributed by atoms with Gasteiger partial charge in [0.15, 0.2) is 0 Å². The maximum absolute atomic E-state index is 10.9. The summed E-state index contributed by atoms with van der Waals surface area (Å²) in [6, 6.07) is 9.30. The van der Waals surface area contributed by atoms with Crippen LogP contribution in [0.4, 0.5) is 0 Å². The van der Waals surface area contributed by atoms with Crippen molar-refractivity contribution < 1.29 is 4.42 Å². The van der Waals surface area contributed by atoms with Gasteiger partial charge in [0.1, 0.15) is 5.58 Å². The van der Waals surface area contributed by atoms with Gasteiger partial charge in [-0.3, -0.25) is 0 Å². The van der Waals surface area contributed by atoms with Crippen LogP contribution in [0.15, 0.2) is 39.5 Å². The molecule has 1 saturated heterocycles. The van der Waals surface area contributed by atoms with E-state index in [9.17, 15) is 4.79 Å². The van der Waals surface area contributed by atoms with Crippen LogP contribution in [0.5, 0.6) is 0 Å². The largest absolute Gasteiger partial charge is 0.423 e. The summed E-state index contributed by atoms with van der Waals surface area (Å²) in [6.45, 7) is 0. The van der Waals surface area contributed by atoms with Crippen LogP contribution in [0.2, 0.25) is 0 Å². The van der Waals surface area contributed by atoms with E-state index < -0.39 is 0 Å². The van der Waals surface area contributed by atoms with Crippen LogP contribution in [-0.2, 0) is 0 Å². The van der Waals surface area contributed by atoms with E-state index in [1.54, 1.807) is 0 Å². The first-order valence-corrected chi connectivity index (χ1v) is 5.53. The Labute approximate surface area is 84.9 Å². The molecule has 0 amide bonds. The monoisotopic (exact) mass is 204 g/mol. The minimum atomic E-state index is -0.286. The minimum absolute atomic E-state index is 0.286. The van der Waals surface area contributed by atoms with Crippen LogP contribution < -0.4 is 5.63 Å². The van der Waals surface area contributed by atoms with E-state index in [4.69, 9.17) is 4.42 Å². The number of benzene rings is 1. The first-order chi connectivity index (χ1) is 6.83. The van der Waals surface area contributed by atoms with E-state index in [1.807, 2.05) is 30.0 Å². The van der Waals surface area contributed by atoms with Gasteiger partial charge in [-0.2, -0.15) is 11.8 Å². The predicted octanol–water partition coefficient (Wildman–Crippen LogP) is 2.58. The van der Waals surface area contributed by atoms with Crippen LogP contribution in [0, 0.1) is 0 Å². The molecule has 1 atom stereocenters. The van der Waals surface area contributed by atoms with E-state index in [0.29, 0.717) is 10.8 Å². The summed E-state index contributed by atoms with van der Waals surface area (Å²) in [6.07, 6.45) is 0. The number of fused-ring (bicyclic) bond motifs is 1. The third-order valence-electron chi connectivity index (χ3n) is 2.35. The van der Waals surface area contributed by atoms with Gasteiger partial charge >= 0.3 is 5.63 Å². The Morgan fingerprint density at radius 2 is 2.14 bits per heavy atom. The SMILES string of the molecule is O=c1ccc2cc(C3CS3)ccc2o1. The highest BCUT2D eigenvalue weighted by Gasteiger charge is 2.24. The topological polar surface area (TPSA) is 30.2 Å². The Kier molecular flexibility index (Phi) is 1.67. The highest BCUT2D eigenvalue weighted by atomic mass is 32.2. The lowest BCUT2D eigenvalue weighted by atomic mass is 10.1. The van der Waals surface area contributed by atoms with E-state index in [1.165, 1.54) is 17.4 Å². The third kappa shape index (κ3) is 1.34. The second-order valence-corrected chi connectivity index (χ2v) is 4.61. The molecule has 14 heavy (non-hydrogen) atoms. The molecule has 0 N–H and O–H groups in total. The zero-order valence-electron chi connectivity index (χ0n) is 7.40. The van der Waals surface area contributed by atoms with Crippen LogP contribution in [0.1, 0.15) is 10.8 Å². The van der Waals surface area contributed by atoms with Crippen LogP contribution >= 0.6 is 11.8 Å². The van der Waals surface area contributed by atoms with Crippen LogP contribution in [0.25, 0.3) is 11.0 Å². The van der Waals surface area contributed by atoms with Gasteiger partial charge < -0.3 is 4.42 Å². The molecule has 1 aliphatic heterocycles. The molecule has 2 aromatic rings. The molecule has 70 valence electrons. The maximum Gasteiger partial charge on any atom is 0.336 e. The van der Waals surface area contributed by atoms with Crippen molar-refractivity contribution in [1.82, 2.24) is 0 Å². The summed E-state index contributed by atoms with van der Waals surface area (Å²) < 4.78 is 5.05.